The zero-order valence-corrected chi connectivity index (χ0v) is 10.8. The first kappa shape index (κ1) is 15.4. The first-order chi connectivity index (χ1) is 7.74. The van der Waals surface area contributed by atoms with Crippen molar-refractivity contribution >= 4 is 5.91 Å². The summed E-state index contributed by atoms with van der Waals surface area (Å²) in [5.41, 5.74) is 0. The molecule has 0 bridgehead atoms. The molecule has 96 valence electrons. The number of methoxy groups -OCH3 is 1. The Morgan fingerprint density at radius 3 is 2.62 bits per heavy atom. The van der Waals surface area contributed by atoms with E-state index in [1.54, 1.807) is 7.11 Å². The van der Waals surface area contributed by atoms with E-state index in [2.05, 4.69) is 24.5 Å². The fourth-order valence-corrected chi connectivity index (χ4v) is 1.57. The summed E-state index contributed by atoms with van der Waals surface area (Å²) in [6.45, 7) is 6.29. The van der Waals surface area contributed by atoms with E-state index >= 15 is 0 Å². The minimum atomic E-state index is 0.0934. The van der Waals surface area contributed by atoms with Gasteiger partial charge in [0.05, 0.1) is 6.61 Å². The maximum atomic E-state index is 11.3. The molecule has 4 heteroatoms. The van der Waals surface area contributed by atoms with Crippen molar-refractivity contribution in [2.45, 2.75) is 45.6 Å². The van der Waals surface area contributed by atoms with E-state index in [0.717, 1.165) is 13.0 Å². The average molecular weight is 230 g/mol. The van der Waals surface area contributed by atoms with Crippen molar-refractivity contribution in [1.29, 1.82) is 0 Å². The van der Waals surface area contributed by atoms with Crippen LogP contribution in [0.1, 0.15) is 39.5 Å². The Kier molecular flexibility index (Phi) is 10.5. The molecule has 0 saturated heterocycles. The summed E-state index contributed by atoms with van der Waals surface area (Å²) in [4.78, 5) is 11.3. The number of carbonyl (C=O) groups excluding carboxylic acids is 1. The number of rotatable bonds is 10. The average Bonchev–Trinajstić information content (AvgIpc) is 2.28. The first-order valence-corrected chi connectivity index (χ1v) is 6.23. The Balaban J connectivity index is 3.44. The number of hydrogen-bond acceptors (Lipinski definition) is 3. The Morgan fingerprint density at radius 2 is 2.06 bits per heavy atom. The summed E-state index contributed by atoms with van der Waals surface area (Å²) in [5.74, 6) is 0.0934. The van der Waals surface area contributed by atoms with Gasteiger partial charge in [0, 0.05) is 32.7 Å². The highest BCUT2D eigenvalue weighted by Crippen LogP contribution is 2.00. The van der Waals surface area contributed by atoms with Crippen LogP contribution in [-0.4, -0.2) is 38.8 Å². The summed E-state index contributed by atoms with van der Waals surface area (Å²) in [7, 11) is 1.63. The lowest BCUT2D eigenvalue weighted by molar-refractivity contribution is -0.121. The molecule has 0 fully saturated rings. The van der Waals surface area contributed by atoms with Gasteiger partial charge in [0.2, 0.25) is 5.91 Å². The summed E-state index contributed by atoms with van der Waals surface area (Å²) >= 11 is 0. The van der Waals surface area contributed by atoms with E-state index in [0.29, 0.717) is 25.6 Å². The Bertz CT molecular complexity index is 174. The Hall–Kier alpha value is -0.610. The second-order valence-corrected chi connectivity index (χ2v) is 3.94. The van der Waals surface area contributed by atoms with Gasteiger partial charge in [-0.3, -0.25) is 4.79 Å². The van der Waals surface area contributed by atoms with Crippen LogP contribution in [0, 0.1) is 0 Å². The van der Waals surface area contributed by atoms with Gasteiger partial charge in [-0.25, -0.2) is 0 Å². The van der Waals surface area contributed by atoms with E-state index in [1.807, 2.05) is 0 Å². The number of nitrogens with one attached hydrogen (secondary N) is 2. The van der Waals surface area contributed by atoms with E-state index in [1.165, 1.54) is 12.8 Å². The normalized spacial score (nSPS) is 12.4. The number of amides is 1. The number of ether oxygens (including phenoxy) is 1. The molecule has 0 radical (unpaired) electrons. The fraction of sp³-hybridized carbons (Fsp3) is 0.917. The monoisotopic (exact) mass is 230 g/mol. The summed E-state index contributed by atoms with van der Waals surface area (Å²) in [6, 6.07) is 0.553. The minimum Gasteiger partial charge on any atom is -0.383 e. The van der Waals surface area contributed by atoms with Crippen molar-refractivity contribution in [2.75, 3.05) is 26.8 Å². The third-order valence-corrected chi connectivity index (χ3v) is 2.54. The summed E-state index contributed by atoms with van der Waals surface area (Å²) in [6.07, 6.45) is 4.04. The van der Waals surface area contributed by atoms with Crippen molar-refractivity contribution in [2.24, 2.45) is 0 Å². The van der Waals surface area contributed by atoms with Crippen molar-refractivity contribution in [3.8, 4) is 0 Å². The second kappa shape index (κ2) is 10.9. The fourth-order valence-electron chi connectivity index (χ4n) is 1.57. The highest BCUT2D eigenvalue weighted by molar-refractivity contribution is 5.76. The standard InChI is InChI=1S/C12H26N2O2/c1-4-6-11(5-2)13-8-7-12(15)14-9-10-16-3/h11,13H,4-10H2,1-3H3,(H,14,15). The van der Waals surface area contributed by atoms with Gasteiger partial charge in [0.1, 0.15) is 0 Å². The van der Waals surface area contributed by atoms with E-state index in [-0.39, 0.29) is 5.91 Å². The van der Waals surface area contributed by atoms with Crippen LogP contribution >= 0.6 is 0 Å². The number of carbonyl (C=O) groups is 1. The molecule has 16 heavy (non-hydrogen) atoms. The van der Waals surface area contributed by atoms with Crippen LogP contribution in [0.5, 0.6) is 0 Å². The van der Waals surface area contributed by atoms with Gasteiger partial charge in [0.15, 0.2) is 0 Å². The predicted octanol–water partition coefficient (Wildman–Crippen LogP) is 1.31. The van der Waals surface area contributed by atoms with Crippen LogP contribution in [0.4, 0.5) is 0 Å². The molecular weight excluding hydrogens is 204 g/mol. The van der Waals surface area contributed by atoms with Gasteiger partial charge in [-0.05, 0) is 12.8 Å². The molecule has 1 unspecified atom stereocenters. The Labute approximate surface area is 99.1 Å². The van der Waals surface area contributed by atoms with E-state index in [4.69, 9.17) is 4.74 Å². The topological polar surface area (TPSA) is 50.4 Å². The van der Waals surface area contributed by atoms with Crippen molar-refractivity contribution < 1.29 is 9.53 Å². The maximum absolute atomic E-state index is 11.3. The van der Waals surface area contributed by atoms with Gasteiger partial charge in [-0.2, -0.15) is 0 Å². The van der Waals surface area contributed by atoms with E-state index < -0.39 is 0 Å². The SMILES string of the molecule is CCCC(CC)NCCC(=O)NCCOC. The van der Waals surface area contributed by atoms with E-state index in [9.17, 15) is 4.79 Å². The molecule has 0 heterocycles. The summed E-state index contributed by atoms with van der Waals surface area (Å²) in [5, 5.41) is 6.20. The predicted molar refractivity (Wildman–Crippen MR) is 66.5 cm³/mol. The maximum Gasteiger partial charge on any atom is 0.221 e. The van der Waals surface area contributed by atoms with Crippen LogP contribution in [0.3, 0.4) is 0 Å². The quantitative estimate of drug-likeness (QED) is 0.556. The molecular formula is C12H26N2O2. The van der Waals surface area contributed by atoms with Gasteiger partial charge >= 0.3 is 0 Å². The van der Waals surface area contributed by atoms with Gasteiger partial charge in [-0.1, -0.05) is 20.3 Å². The second-order valence-electron chi connectivity index (χ2n) is 3.94. The third kappa shape index (κ3) is 8.68. The molecule has 1 amide bonds. The molecule has 0 aliphatic rings. The van der Waals surface area contributed by atoms with Crippen LogP contribution < -0.4 is 10.6 Å². The van der Waals surface area contributed by atoms with Crippen molar-refractivity contribution in [3.05, 3.63) is 0 Å². The lowest BCUT2D eigenvalue weighted by Crippen LogP contribution is -2.34. The molecule has 0 saturated carbocycles. The van der Waals surface area contributed by atoms with Gasteiger partial charge in [-0.15, -0.1) is 0 Å². The molecule has 0 aromatic rings. The van der Waals surface area contributed by atoms with Crippen LogP contribution in [0.25, 0.3) is 0 Å². The van der Waals surface area contributed by atoms with Crippen LogP contribution in [0.15, 0.2) is 0 Å². The smallest absolute Gasteiger partial charge is 0.221 e. The highest BCUT2D eigenvalue weighted by atomic mass is 16.5. The molecule has 2 N–H and O–H groups in total. The Morgan fingerprint density at radius 1 is 1.31 bits per heavy atom. The van der Waals surface area contributed by atoms with Gasteiger partial charge < -0.3 is 15.4 Å². The van der Waals surface area contributed by atoms with Gasteiger partial charge in [0.25, 0.3) is 0 Å². The van der Waals surface area contributed by atoms with Crippen molar-refractivity contribution in [1.82, 2.24) is 10.6 Å². The molecule has 0 rings (SSSR count). The molecule has 0 aliphatic heterocycles. The lowest BCUT2D eigenvalue weighted by atomic mass is 10.1. The summed E-state index contributed by atoms with van der Waals surface area (Å²) < 4.78 is 4.85. The molecule has 0 aromatic carbocycles. The largest absolute Gasteiger partial charge is 0.383 e. The van der Waals surface area contributed by atoms with Crippen molar-refractivity contribution in [3.63, 3.8) is 0 Å². The zero-order chi connectivity index (χ0) is 12.2. The molecule has 0 spiro atoms. The first-order valence-electron chi connectivity index (χ1n) is 6.23. The van der Waals surface area contributed by atoms with Crippen LogP contribution in [-0.2, 0) is 9.53 Å². The third-order valence-electron chi connectivity index (χ3n) is 2.54. The molecule has 0 aliphatic carbocycles. The molecule has 4 nitrogen and oxygen atoms in total. The lowest BCUT2D eigenvalue weighted by Gasteiger charge is -2.15. The van der Waals surface area contributed by atoms with Crippen LogP contribution in [0.2, 0.25) is 0 Å². The zero-order valence-electron chi connectivity index (χ0n) is 10.8. The molecule has 0 aromatic heterocycles. The molecule has 1 atom stereocenters. The highest BCUT2D eigenvalue weighted by Gasteiger charge is 2.05. The number of hydrogen-bond donors (Lipinski definition) is 2. The minimum absolute atomic E-state index is 0.0934.